The number of carbonyl (C=O) groups excluding carboxylic acids is 1. The van der Waals surface area contributed by atoms with E-state index in [1.54, 1.807) is 12.3 Å². The van der Waals surface area contributed by atoms with Crippen molar-refractivity contribution in [3.8, 4) is 5.88 Å². The van der Waals surface area contributed by atoms with Crippen molar-refractivity contribution < 1.29 is 37.6 Å². The van der Waals surface area contributed by atoms with Crippen molar-refractivity contribution in [2.24, 2.45) is 22.7 Å². The van der Waals surface area contributed by atoms with Crippen molar-refractivity contribution in [3.63, 3.8) is 0 Å². The Morgan fingerprint density at radius 3 is 2.68 bits per heavy atom. The highest BCUT2D eigenvalue weighted by Crippen LogP contribution is 2.34. The average molecular weight is 669 g/mol. The number of amides is 1. The molecule has 3 aromatic rings. The third-order valence-corrected chi connectivity index (χ3v) is 10.8. The van der Waals surface area contributed by atoms with E-state index in [1.165, 1.54) is 16.4 Å². The van der Waals surface area contributed by atoms with Gasteiger partial charge in [0.15, 0.2) is 12.2 Å². The normalized spacial score (nSPS) is 22.7. The highest BCUT2D eigenvalue weighted by atomic mass is 32.2. The van der Waals surface area contributed by atoms with Crippen LogP contribution in [0.1, 0.15) is 44.2 Å². The lowest BCUT2D eigenvalue weighted by Crippen LogP contribution is -2.51. The maximum absolute atomic E-state index is 14.2. The molecule has 3 fully saturated rings. The maximum atomic E-state index is 14.2. The van der Waals surface area contributed by atoms with Crippen LogP contribution in [0.5, 0.6) is 5.88 Å². The standard InChI is InChI=1S/C34H44N4O8S/c1-21(2)18-38(47(42,43)24-10-11-28-26(15-24)27(32(40)36-28)17-35-16-23-8-9-23)19-30(39)29(14-22-6-4-3-5-7-22)37-34(41)46-31-20-45-33-25(31)12-13-44-33/h3-7,10-11,15,17,21,23,25,29-31,33,36,39-40H,8-9,12-14,16,18-20H2,1-2H3,(H,37,41)/t25-,29-,30+,31-,33+/m0/s1. The molecule has 1 aliphatic carbocycles. The molecule has 2 aromatic carbocycles. The number of hydrogen-bond acceptors (Lipinski definition) is 9. The van der Waals surface area contributed by atoms with E-state index in [9.17, 15) is 23.4 Å². The summed E-state index contributed by atoms with van der Waals surface area (Å²) in [5.74, 6) is 0.384. The van der Waals surface area contributed by atoms with Gasteiger partial charge in [0, 0.05) is 36.8 Å². The Labute approximate surface area is 275 Å². The molecule has 0 radical (unpaired) electrons. The van der Waals surface area contributed by atoms with E-state index in [2.05, 4.69) is 15.3 Å². The summed E-state index contributed by atoms with van der Waals surface area (Å²) in [6, 6.07) is 13.1. The van der Waals surface area contributed by atoms with E-state index in [4.69, 9.17) is 14.2 Å². The number of aliphatic hydroxyl groups is 1. The smallest absolute Gasteiger partial charge is 0.407 e. The maximum Gasteiger partial charge on any atom is 0.407 e. The average Bonchev–Trinajstić information content (AvgIpc) is 3.46. The van der Waals surface area contributed by atoms with Crippen LogP contribution in [-0.4, -0.2) is 97.6 Å². The highest BCUT2D eigenvalue weighted by molar-refractivity contribution is 7.89. The summed E-state index contributed by atoms with van der Waals surface area (Å²) in [6.07, 6.45) is 2.02. The number of rotatable bonds is 14. The zero-order valence-electron chi connectivity index (χ0n) is 26.7. The molecule has 0 bridgehead atoms. The van der Waals surface area contributed by atoms with Gasteiger partial charge in [-0.15, -0.1) is 0 Å². The number of aliphatic imine (C=N–C) groups is 1. The van der Waals surface area contributed by atoms with Crippen LogP contribution in [0.3, 0.4) is 0 Å². The van der Waals surface area contributed by atoms with Gasteiger partial charge in [-0.25, -0.2) is 13.2 Å². The second-order valence-electron chi connectivity index (χ2n) is 13.2. The summed E-state index contributed by atoms with van der Waals surface area (Å²) in [7, 11) is -4.12. The highest BCUT2D eigenvalue weighted by Gasteiger charge is 2.44. The second kappa shape index (κ2) is 14.3. The molecule has 3 heterocycles. The lowest BCUT2D eigenvalue weighted by atomic mass is 10.0. The summed E-state index contributed by atoms with van der Waals surface area (Å²) in [5, 5.41) is 25.5. The lowest BCUT2D eigenvalue weighted by molar-refractivity contribution is -0.0907. The number of sulfonamides is 1. The molecule has 1 saturated carbocycles. The van der Waals surface area contributed by atoms with E-state index in [1.807, 2.05) is 44.2 Å². The molecular formula is C34H44N4O8S. The molecule has 0 unspecified atom stereocenters. The number of fused-ring (bicyclic) bond motifs is 2. The van der Waals surface area contributed by atoms with Gasteiger partial charge in [0.05, 0.1) is 41.7 Å². The molecule has 12 nitrogen and oxygen atoms in total. The number of benzene rings is 2. The van der Waals surface area contributed by atoms with Gasteiger partial charge in [0.1, 0.15) is 6.10 Å². The fourth-order valence-electron chi connectivity index (χ4n) is 6.25. The van der Waals surface area contributed by atoms with Crippen molar-refractivity contribution in [1.82, 2.24) is 14.6 Å². The van der Waals surface area contributed by atoms with Crippen molar-refractivity contribution in [3.05, 3.63) is 59.7 Å². The van der Waals surface area contributed by atoms with Crippen LogP contribution < -0.4 is 5.32 Å². The predicted molar refractivity (Wildman–Crippen MR) is 176 cm³/mol. The molecule has 1 aromatic heterocycles. The van der Waals surface area contributed by atoms with Crippen molar-refractivity contribution in [2.45, 2.75) is 69.0 Å². The molecule has 0 spiro atoms. The Balaban J connectivity index is 1.22. The minimum absolute atomic E-state index is 0.0234. The van der Waals surface area contributed by atoms with Crippen LogP contribution in [0.2, 0.25) is 0 Å². The number of aromatic amines is 1. The topological polar surface area (TPSA) is 163 Å². The number of aromatic nitrogens is 1. The summed E-state index contributed by atoms with van der Waals surface area (Å²) >= 11 is 0. The van der Waals surface area contributed by atoms with E-state index < -0.39 is 34.4 Å². The first-order valence-electron chi connectivity index (χ1n) is 16.4. The fourth-order valence-corrected chi connectivity index (χ4v) is 7.90. The van der Waals surface area contributed by atoms with Gasteiger partial charge in [-0.3, -0.25) is 4.99 Å². The summed E-state index contributed by atoms with van der Waals surface area (Å²) in [4.78, 5) is 20.5. The van der Waals surface area contributed by atoms with Crippen molar-refractivity contribution >= 4 is 33.2 Å². The molecule has 2 aliphatic heterocycles. The SMILES string of the molecule is CC(C)CN(C[C@@H](O)[C@H](Cc1ccccc1)NC(=O)O[C@H]1CO[C@H]2OCC[C@H]21)S(=O)(=O)c1ccc2[nH]c(O)c(C=NCC3CC3)c2c1. The molecule has 6 rings (SSSR count). The van der Waals surface area contributed by atoms with Gasteiger partial charge in [-0.05, 0) is 61.3 Å². The summed E-state index contributed by atoms with van der Waals surface area (Å²) in [5.41, 5.74) is 1.87. The zero-order chi connectivity index (χ0) is 33.1. The number of carbonyl (C=O) groups is 1. The summed E-state index contributed by atoms with van der Waals surface area (Å²) in [6.45, 7) is 5.10. The van der Waals surface area contributed by atoms with E-state index in [0.29, 0.717) is 35.5 Å². The summed E-state index contributed by atoms with van der Waals surface area (Å²) < 4.78 is 46.5. The zero-order valence-corrected chi connectivity index (χ0v) is 27.6. The number of ether oxygens (including phenoxy) is 3. The Morgan fingerprint density at radius 2 is 1.94 bits per heavy atom. The van der Waals surface area contributed by atoms with Crippen molar-refractivity contribution in [1.29, 1.82) is 0 Å². The first kappa shape index (κ1) is 33.4. The second-order valence-corrected chi connectivity index (χ2v) is 15.2. The monoisotopic (exact) mass is 668 g/mol. The Kier molecular flexibility index (Phi) is 10.2. The van der Waals surface area contributed by atoms with Gasteiger partial charge in [-0.2, -0.15) is 4.31 Å². The third kappa shape index (κ3) is 7.98. The molecule has 3 aliphatic rings. The Morgan fingerprint density at radius 1 is 1.15 bits per heavy atom. The van der Waals surface area contributed by atoms with Gasteiger partial charge >= 0.3 is 6.09 Å². The van der Waals surface area contributed by atoms with Crippen LogP contribution in [0.4, 0.5) is 4.79 Å². The first-order chi connectivity index (χ1) is 22.6. The molecule has 5 atom stereocenters. The Bertz CT molecular complexity index is 1670. The number of aromatic hydroxyl groups is 1. The molecule has 13 heteroatoms. The van der Waals surface area contributed by atoms with Crippen LogP contribution in [0, 0.1) is 17.8 Å². The minimum Gasteiger partial charge on any atom is -0.494 e. The molecular weight excluding hydrogens is 624 g/mol. The van der Waals surface area contributed by atoms with Crippen LogP contribution in [0.15, 0.2) is 58.4 Å². The molecule has 4 N–H and O–H groups in total. The largest absolute Gasteiger partial charge is 0.494 e. The number of nitrogens with zero attached hydrogens (tertiary/aromatic N) is 2. The first-order valence-corrected chi connectivity index (χ1v) is 17.8. The fraction of sp³-hybridized carbons (Fsp3) is 0.529. The Hall–Kier alpha value is -3.49. The molecule has 254 valence electrons. The van der Waals surface area contributed by atoms with Gasteiger partial charge < -0.3 is 34.7 Å². The van der Waals surface area contributed by atoms with Crippen molar-refractivity contribution in [2.75, 3.05) is 32.8 Å². The van der Waals surface area contributed by atoms with Gasteiger partial charge in [0.25, 0.3) is 0 Å². The number of nitrogens with one attached hydrogen (secondary N) is 2. The van der Waals surface area contributed by atoms with E-state index in [-0.39, 0.29) is 55.0 Å². The van der Waals surface area contributed by atoms with Crippen LogP contribution >= 0.6 is 0 Å². The minimum atomic E-state index is -4.12. The van der Waals surface area contributed by atoms with Crippen LogP contribution in [-0.2, 0) is 30.7 Å². The lowest BCUT2D eigenvalue weighted by Gasteiger charge is -2.31. The quantitative estimate of drug-likeness (QED) is 0.189. The number of alkyl carbamates (subject to hydrolysis) is 1. The number of H-pyrrole nitrogens is 1. The predicted octanol–water partition coefficient (Wildman–Crippen LogP) is 3.81. The molecule has 47 heavy (non-hydrogen) atoms. The van der Waals surface area contributed by atoms with Crippen LogP contribution in [0.25, 0.3) is 10.9 Å². The number of aliphatic hydroxyl groups excluding tert-OH is 1. The van der Waals surface area contributed by atoms with E-state index >= 15 is 0 Å². The number of hydrogen-bond donors (Lipinski definition) is 4. The van der Waals surface area contributed by atoms with Gasteiger partial charge in [0.2, 0.25) is 10.0 Å². The van der Waals surface area contributed by atoms with Gasteiger partial charge in [-0.1, -0.05) is 44.2 Å². The third-order valence-electron chi connectivity index (χ3n) is 8.98. The molecule has 2 saturated heterocycles. The molecule has 1 amide bonds. The van der Waals surface area contributed by atoms with E-state index in [0.717, 1.165) is 24.8 Å².